The second kappa shape index (κ2) is 6.67. The zero-order chi connectivity index (χ0) is 18.1. The zero-order valence-electron chi connectivity index (χ0n) is 13.7. The summed E-state index contributed by atoms with van der Waals surface area (Å²) in [6, 6.07) is 3.44. The second-order valence-corrected chi connectivity index (χ2v) is 6.15. The van der Waals surface area contributed by atoms with Crippen LogP contribution in [0.2, 0.25) is 0 Å². The van der Waals surface area contributed by atoms with E-state index in [1.807, 2.05) is 0 Å². The van der Waals surface area contributed by atoms with Crippen molar-refractivity contribution in [3.8, 4) is 0 Å². The molecule has 0 radical (unpaired) electrons. The summed E-state index contributed by atoms with van der Waals surface area (Å²) < 4.78 is 27.7. The maximum absolute atomic E-state index is 13.9. The Morgan fingerprint density at radius 1 is 0.885 bits per heavy atom. The van der Waals surface area contributed by atoms with Gasteiger partial charge in [0.05, 0.1) is 35.3 Å². The molecular formula is C19H16F2N4O. The summed E-state index contributed by atoms with van der Waals surface area (Å²) in [5, 5.41) is 1.44. The maximum atomic E-state index is 13.9. The first-order valence-electron chi connectivity index (χ1n) is 8.22. The lowest BCUT2D eigenvalue weighted by Crippen LogP contribution is -2.23. The van der Waals surface area contributed by atoms with Crippen LogP contribution in [0.3, 0.4) is 0 Å². The number of aromatic amines is 2. The Hall–Kier alpha value is -3.09. The first-order chi connectivity index (χ1) is 12.7. The van der Waals surface area contributed by atoms with Gasteiger partial charge in [0.1, 0.15) is 13.3 Å². The number of aromatic nitrogens is 4. The standard InChI is InChI=1S/C19H16F2N4O/c20-5-13(15-7-24-17-9-22-3-1-11(15)17)19(26)14(6-21)16-8-25-18-10-23-4-2-12(16)18/h1-4,7-10,13-14,24-25H,5-6H2. The predicted molar refractivity (Wildman–Crippen MR) is 94.6 cm³/mol. The van der Waals surface area contributed by atoms with Gasteiger partial charge in [0.15, 0.2) is 5.78 Å². The first-order valence-corrected chi connectivity index (χ1v) is 8.22. The Balaban J connectivity index is 1.76. The Bertz CT molecular complexity index is 987. The first kappa shape index (κ1) is 16.4. The molecule has 0 bridgehead atoms. The average Bonchev–Trinajstić information content (AvgIpc) is 3.29. The maximum Gasteiger partial charge on any atom is 0.153 e. The lowest BCUT2D eigenvalue weighted by molar-refractivity contribution is -0.122. The van der Waals surface area contributed by atoms with Crippen LogP contribution in [0, 0.1) is 0 Å². The van der Waals surface area contributed by atoms with Gasteiger partial charge in [0.2, 0.25) is 0 Å². The molecule has 2 atom stereocenters. The van der Waals surface area contributed by atoms with Gasteiger partial charge < -0.3 is 9.97 Å². The van der Waals surface area contributed by atoms with E-state index < -0.39 is 31.0 Å². The molecule has 0 aliphatic carbocycles. The largest absolute Gasteiger partial charge is 0.360 e. The number of halogens is 2. The predicted octanol–water partition coefficient (Wildman–Crippen LogP) is 3.81. The van der Waals surface area contributed by atoms with E-state index in [1.54, 1.807) is 49.3 Å². The Kier molecular flexibility index (Phi) is 4.20. The highest BCUT2D eigenvalue weighted by Crippen LogP contribution is 2.34. The summed E-state index contributed by atoms with van der Waals surface area (Å²) in [6.45, 7) is -1.79. The number of nitrogens with zero attached hydrogens (tertiary/aromatic N) is 2. The lowest BCUT2D eigenvalue weighted by atomic mass is 9.85. The van der Waals surface area contributed by atoms with E-state index in [0.29, 0.717) is 22.2 Å². The number of rotatable bonds is 6. The minimum Gasteiger partial charge on any atom is -0.360 e. The molecule has 132 valence electrons. The number of alkyl halides is 2. The van der Waals surface area contributed by atoms with E-state index in [1.165, 1.54) is 0 Å². The average molecular weight is 354 g/mol. The van der Waals surface area contributed by atoms with Gasteiger partial charge in [-0.1, -0.05) is 0 Å². The van der Waals surface area contributed by atoms with Crippen molar-refractivity contribution >= 4 is 27.6 Å². The van der Waals surface area contributed by atoms with Gasteiger partial charge >= 0.3 is 0 Å². The molecule has 4 aromatic rings. The van der Waals surface area contributed by atoms with Crippen molar-refractivity contribution < 1.29 is 13.6 Å². The molecule has 0 amide bonds. The number of hydrogen-bond acceptors (Lipinski definition) is 3. The second-order valence-electron chi connectivity index (χ2n) is 6.15. The normalized spacial score (nSPS) is 13.9. The van der Waals surface area contributed by atoms with Gasteiger partial charge in [-0.2, -0.15) is 0 Å². The van der Waals surface area contributed by atoms with Crippen molar-refractivity contribution in [2.75, 3.05) is 13.3 Å². The minimum absolute atomic E-state index is 0.481. The number of Topliss-reactive ketones (excluding diaryl/α,β-unsaturated/α-hetero) is 1. The van der Waals surface area contributed by atoms with Crippen LogP contribution in [0.25, 0.3) is 21.8 Å². The molecule has 2 unspecified atom stereocenters. The molecule has 26 heavy (non-hydrogen) atoms. The van der Waals surface area contributed by atoms with E-state index >= 15 is 0 Å². The number of hydrogen-bond donors (Lipinski definition) is 2. The molecule has 7 heteroatoms. The lowest BCUT2D eigenvalue weighted by Gasteiger charge is -2.18. The summed E-state index contributed by atoms with van der Waals surface area (Å²) >= 11 is 0. The molecule has 0 aliphatic heterocycles. The van der Waals surface area contributed by atoms with Crippen molar-refractivity contribution in [3.63, 3.8) is 0 Å². The van der Waals surface area contributed by atoms with Gasteiger partial charge in [0.25, 0.3) is 0 Å². The van der Waals surface area contributed by atoms with Crippen molar-refractivity contribution in [2.45, 2.75) is 11.8 Å². The number of nitrogens with one attached hydrogen (secondary N) is 2. The topological polar surface area (TPSA) is 74.4 Å². The molecule has 2 N–H and O–H groups in total. The van der Waals surface area contributed by atoms with Crippen LogP contribution in [0.1, 0.15) is 23.0 Å². The molecule has 0 aromatic carbocycles. The fraction of sp³-hybridized carbons (Fsp3) is 0.211. The SMILES string of the molecule is O=C(C(CF)c1c[nH]c2cnccc12)C(CF)c1c[nH]c2cnccc12. The molecule has 4 aromatic heterocycles. The van der Waals surface area contributed by atoms with Gasteiger partial charge in [0, 0.05) is 35.6 Å². The Morgan fingerprint density at radius 2 is 1.35 bits per heavy atom. The summed E-state index contributed by atoms with van der Waals surface area (Å²) in [5.41, 5.74) is 2.47. The number of ketones is 1. The third-order valence-electron chi connectivity index (χ3n) is 4.78. The third-order valence-corrected chi connectivity index (χ3v) is 4.78. The van der Waals surface area contributed by atoms with Crippen molar-refractivity contribution in [1.29, 1.82) is 0 Å². The van der Waals surface area contributed by atoms with E-state index in [2.05, 4.69) is 19.9 Å². The Morgan fingerprint density at radius 3 is 1.77 bits per heavy atom. The molecule has 0 saturated heterocycles. The van der Waals surface area contributed by atoms with E-state index in [4.69, 9.17) is 0 Å². The van der Waals surface area contributed by atoms with Crippen LogP contribution in [-0.2, 0) is 4.79 Å². The number of H-pyrrole nitrogens is 2. The summed E-state index contributed by atoms with van der Waals surface area (Å²) in [4.78, 5) is 27.0. The molecule has 0 fully saturated rings. The number of carbonyl (C=O) groups excluding carboxylic acids is 1. The van der Waals surface area contributed by atoms with Crippen molar-refractivity contribution in [2.24, 2.45) is 0 Å². The van der Waals surface area contributed by atoms with Crippen LogP contribution in [0.4, 0.5) is 8.78 Å². The number of fused-ring (bicyclic) bond motifs is 2. The van der Waals surface area contributed by atoms with Gasteiger partial charge in [-0.25, -0.2) is 8.78 Å². The smallest absolute Gasteiger partial charge is 0.153 e. The van der Waals surface area contributed by atoms with Crippen LogP contribution >= 0.6 is 0 Å². The highest BCUT2D eigenvalue weighted by molar-refractivity contribution is 5.99. The zero-order valence-corrected chi connectivity index (χ0v) is 13.7. The van der Waals surface area contributed by atoms with Crippen LogP contribution in [0.5, 0.6) is 0 Å². The summed E-state index contributed by atoms with van der Waals surface area (Å²) in [5.74, 6) is -2.57. The highest BCUT2D eigenvalue weighted by atomic mass is 19.1. The quantitative estimate of drug-likeness (QED) is 0.553. The van der Waals surface area contributed by atoms with Gasteiger partial charge in [-0.15, -0.1) is 0 Å². The van der Waals surface area contributed by atoms with E-state index in [0.717, 1.165) is 10.8 Å². The molecule has 0 aliphatic rings. The minimum atomic E-state index is -1.04. The molecule has 5 nitrogen and oxygen atoms in total. The van der Waals surface area contributed by atoms with Gasteiger partial charge in [-0.05, 0) is 23.3 Å². The fourth-order valence-corrected chi connectivity index (χ4v) is 3.43. The Labute approximate surface area is 147 Å². The summed E-state index contributed by atoms with van der Waals surface area (Å²) in [7, 11) is 0. The van der Waals surface area contributed by atoms with Crippen molar-refractivity contribution in [3.05, 3.63) is 60.4 Å². The number of pyridine rings is 2. The van der Waals surface area contributed by atoms with Gasteiger partial charge in [-0.3, -0.25) is 14.8 Å². The molecular weight excluding hydrogens is 338 g/mol. The third kappa shape index (κ3) is 2.56. The van der Waals surface area contributed by atoms with E-state index in [9.17, 15) is 13.6 Å². The van der Waals surface area contributed by atoms with E-state index in [-0.39, 0.29) is 0 Å². The molecule has 4 heterocycles. The monoisotopic (exact) mass is 354 g/mol. The molecule has 0 saturated carbocycles. The number of carbonyl (C=O) groups is 1. The van der Waals surface area contributed by atoms with Crippen LogP contribution in [-0.4, -0.2) is 39.1 Å². The van der Waals surface area contributed by atoms with Crippen molar-refractivity contribution in [1.82, 2.24) is 19.9 Å². The van der Waals surface area contributed by atoms with Crippen LogP contribution in [0.15, 0.2) is 49.3 Å². The highest BCUT2D eigenvalue weighted by Gasteiger charge is 2.32. The van der Waals surface area contributed by atoms with Crippen LogP contribution < -0.4 is 0 Å². The summed E-state index contributed by atoms with van der Waals surface area (Å²) in [6.07, 6.45) is 9.58. The molecule has 0 spiro atoms. The fourth-order valence-electron chi connectivity index (χ4n) is 3.43. The molecule has 4 rings (SSSR count).